The van der Waals surface area contributed by atoms with Crippen molar-refractivity contribution in [3.63, 3.8) is 0 Å². The van der Waals surface area contributed by atoms with Crippen molar-refractivity contribution in [3.05, 3.63) is 52.0 Å². The first kappa shape index (κ1) is 14.0. The van der Waals surface area contributed by atoms with E-state index in [1.807, 2.05) is 17.3 Å². The third-order valence-corrected chi connectivity index (χ3v) is 3.19. The van der Waals surface area contributed by atoms with Crippen LogP contribution in [0.4, 0.5) is 13.2 Å². The SMILES string of the molecule is CN(Cc1ccc(C(F)(F)F)cc1)Cc1cs[c]n1. The van der Waals surface area contributed by atoms with Crippen LogP contribution >= 0.6 is 11.3 Å². The lowest BCUT2D eigenvalue weighted by Crippen LogP contribution is -2.17. The number of thiazole rings is 1. The van der Waals surface area contributed by atoms with Crippen molar-refractivity contribution in [1.29, 1.82) is 0 Å². The van der Waals surface area contributed by atoms with Crippen molar-refractivity contribution in [1.82, 2.24) is 9.88 Å². The minimum Gasteiger partial charge on any atom is -0.296 e. The van der Waals surface area contributed by atoms with Crippen LogP contribution in [0.2, 0.25) is 0 Å². The smallest absolute Gasteiger partial charge is 0.296 e. The van der Waals surface area contributed by atoms with E-state index in [-0.39, 0.29) is 0 Å². The van der Waals surface area contributed by atoms with E-state index in [2.05, 4.69) is 10.5 Å². The molecule has 0 aliphatic rings. The van der Waals surface area contributed by atoms with Crippen LogP contribution in [0.25, 0.3) is 0 Å². The van der Waals surface area contributed by atoms with Gasteiger partial charge in [-0.15, -0.1) is 11.3 Å². The van der Waals surface area contributed by atoms with Gasteiger partial charge in [-0.2, -0.15) is 13.2 Å². The van der Waals surface area contributed by atoms with Crippen LogP contribution in [0.1, 0.15) is 16.8 Å². The average Bonchev–Trinajstić information content (AvgIpc) is 2.81. The summed E-state index contributed by atoms with van der Waals surface area (Å²) in [7, 11) is 1.90. The Kier molecular flexibility index (Phi) is 4.21. The molecule has 101 valence electrons. The van der Waals surface area contributed by atoms with E-state index < -0.39 is 11.7 Å². The summed E-state index contributed by atoms with van der Waals surface area (Å²) in [4.78, 5) is 6.04. The fraction of sp³-hybridized carbons (Fsp3) is 0.308. The van der Waals surface area contributed by atoms with E-state index in [1.54, 1.807) is 0 Å². The third-order valence-electron chi connectivity index (χ3n) is 2.60. The lowest BCUT2D eigenvalue weighted by molar-refractivity contribution is -0.137. The molecule has 6 heteroatoms. The summed E-state index contributed by atoms with van der Waals surface area (Å²) in [5, 5.41) is 1.91. The van der Waals surface area contributed by atoms with Crippen LogP contribution in [-0.2, 0) is 19.3 Å². The standard InChI is InChI=1S/C13H12F3N2S/c1-18(7-12-8-19-9-17-12)6-10-2-4-11(5-3-10)13(14,15)16/h2-5,8H,6-7H2,1H3. The Labute approximate surface area is 113 Å². The predicted octanol–water partition coefficient (Wildman–Crippen LogP) is 3.59. The Hall–Kier alpha value is -1.40. The van der Waals surface area contributed by atoms with Gasteiger partial charge < -0.3 is 0 Å². The molecule has 0 atom stereocenters. The van der Waals surface area contributed by atoms with E-state index in [4.69, 9.17) is 0 Å². The largest absolute Gasteiger partial charge is 0.416 e. The van der Waals surface area contributed by atoms with Crippen LogP contribution in [-0.4, -0.2) is 16.9 Å². The predicted molar refractivity (Wildman–Crippen MR) is 67.6 cm³/mol. The maximum absolute atomic E-state index is 12.4. The molecule has 19 heavy (non-hydrogen) atoms. The van der Waals surface area contributed by atoms with Gasteiger partial charge in [-0.3, -0.25) is 4.90 Å². The third kappa shape index (κ3) is 4.04. The Morgan fingerprint density at radius 3 is 2.42 bits per heavy atom. The van der Waals surface area contributed by atoms with Gasteiger partial charge in [-0.05, 0) is 24.7 Å². The van der Waals surface area contributed by atoms with Crippen molar-refractivity contribution in [2.75, 3.05) is 7.05 Å². The number of hydrogen-bond acceptors (Lipinski definition) is 3. The molecule has 0 N–H and O–H groups in total. The number of hydrogen-bond donors (Lipinski definition) is 0. The van der Waals surface area contributed by atoms with Gasteiger partial charge in [-0.25, -0.2) is 4.98 Å². The van der Waals surface area contributed by atoms with Crippen LogP contribution in [0.5, 0.6) is 0 Å². The number of rotatable bonds is 4. The zero-order valence-corrected chi connectivity index (χ0v) is 11.1. The number of alkyl halides is 3. The highest BCUT2D eigenvalue weighted by Crippen LogP contribution is 2.29. The molecule has 2 aromatic rings. The quantitative estimate of drug-likeness (QED) is 0.853. The minimum absolute atomic E-state index is 0.579. The molecule has 1 aromatic heterocycles. The van der Waals surface area contributed by atoms with Crippen LogP contribution in [0, 0.1) is 5.51 Å². The summed E-state index contributed by atoms with van der Waals surface area (Å²) < 4.78 is 37.2. The highest BCUT2D eigenvalue weighted by molar-refractivity contribution is 7.07. The molecule has 2 nitrogen and oxygen atoms in total. The highest BCUT2D eigenvalue weighted by Gasteiger charge is 2.29. The van der Waals surface area contributed by atoms with Crippen LogP contribution in [0.3, 0.4) is 0 Å². The fourth-order valence-corrected chi connectivity index (χ4v) is 2.21. The second-order valence-corrected chi connectivity index (χ2v) is 4.95. The molecule has 1 heterocycles. The van der Waals surface area contributed by atoms with Crippen molar-refractivity contribution >= 4 is 11.3 Å². The minimum atomic E-state index is -4.28. The normalized spacial score (nSPS) is 12.1. The Morgan fingerprint density at radius 2 is 1.89 bits per heavy atom. The van der Waals surface area contributed by atoms with Gasteiger partial charge in [0.25, 0.3) is 0 Å². The van der Waals surface area contributed by atoms with Gasteiger partial charge in [0, 0.05) is 18.5 Å². The fourth-order valence-electron chi connectivity index (χ4n) is 1.72. The molecule has 1 radical (unpaired) electrons. The van der Waals surface area contributed by atoms with E-state index in [1.165, 1.54) is 23.5 Å². The lowest BCUT2D eigenvalue weighted by Gasteiger charge is -2.15. The first-order valence-corrected chi connectivity index (χ1v) is 6.48. The molecule has 0 fully saturated rings. The Bertz CT molecular complexity index is 506. The first-order valence-electron chi connectivity index (χ1n) is 5.60. The molecule has 0 aliphatic carbocycles. The molecule has 0 saturated heterocycles. The first-order chi connectivity index (χ1) is 8.95. The Balaban J connectivity index is 1.96. The molecule has 0 aliphatic heterocycles. The van der Waals surface area contributed by atoms with E-state index >= 15 is 0 Å². The van der Waals surface area contributed by atoms with E-state index in [0.29, 0.717) is 13.1 Å². The maximum Gasteiger partial charge on any atom is 0.416 e. The monoisotopic (exact) mass is 285 g/mol. The van der Waals surface area contributed by atoms with E-state index in [9.17, 15) is 13.2 Å². The molecular weight excluding hydrogens is 273 g/mol. The summed E-state index contributed by atoms with van der Waals surface area (Å²) in [5.74, 6) is 0. The zero-order chi connectivity index (χ0) is 13.9. The molecule has 1 aromatic carbocycles. The second kappa shape index (κ2) is 5.71. The van der Waals surface area contributed by atoms with Gasteiger partial charge in [0.05, 0.1) is 11.3 Å². The van der Waals surface area contributed by atoms with Gasteiger partial charge in [0.2, 0.25) is 0 Å². The molecule has 0 bridgehead atoms. The topological polar surface area (TPSA) is 16.1 Å². The molecule has 0 unspecified atom stereocenters. The highest BCUT2D eigenvalue weighted by atomic mass is 32.1. The summed E-state index contributed by atoms with van der Waals surface area (Å²) in [5.41, 5.74) is 3.90. The molecule has 2 rings (SSSR count). The van der Waals surface area contributed by atoms with Crippen LogP contribution in [0.15, 0.2) is 29.6 Å². The number of halogens is 3. The summed E-state index contributed by atoms with van der Waals surface area (Å²) in [6, 6.07) is 5.23. The molecular formula is C13H12F3N2S. The molecule has 0 saturated carbocycles. The maximum atomic E-state index is 12.4. The van der Waals surface area contributed by atoms with E-state index in [0.717, 1.165) is 23.4 Å². The number of benzene rings is 1. The van der Waals surface area contributed by atoms with Crippen molar-refractivity contribution in [2.45, 2.75) is 19.3 Å². The second-order valence-electron chi connectivity index (χ2n) is 4.30. The van der Waals surface area contributed by atoms with Gasteiger partial charge in [-0.1, -0.05) is 12.1 Å². The number of nitrogens with zero attached hydrogens (tertiary/aromatic N) is 2. The van der Waals surface area contributed by atoms with Crippen LogP contribution < -0.4 is 0 Å². The van der Waals surface area contributed by atoms with Crippen molar-refractivity contribution in [2.24, 2.45) is 0 Å². The van der Waals surface area contributed by atoms with Crippen molar-refractivity contribution < 1.29 is 13.2 Å². The lowest BCUT2D eigenvalue weighted by atomic mass is 10.1. The summed E-state index contributed by atoms with van der Waals surface area (Å²) in [6.45, 7) is 1.23. The van der Waals surface area contributed by atoms with Gasteiger partial charge in [0.1, 0.15) is 0 Å². The summed E-state index contributed by atoms with van der Waals surface area (Å²) in [6.07, 6.45) is -4.28. The Morgan fingerprint density at radius 1 is 1.21 bits per heavy atom. The van der Waals surface area contributed by atoms with Gasteiger partial charge in [0.15, 0.2) is 5.51 Å². The summed E-state index contributed by atoms with van der Waals surface area (Å²) >= 11 is 1.40. The molecule has 0 amide bonds. The zero-order valence-electron chi connectivity index (χ0n) is 10.2. The number of aromatic nitrogens is 1. The average molecular weight is 285 g/mol. The molecule has 0 spiro atoms. The van der Waals surface area contributed by atoms with Gasteiger partial charge >= 0.3 is 6.18 Å². The van der Waals surface area contributed by atoms with Crippen molar-refractivity contribution in [3.8, 4) is 0 Å².